The van der Waals surface area contributed by atoms with Gasteiger partial charge in [-0.25, -0.2) is 9.97 Å². The maximum absolute atomic E-state index is 5.84. The lowest BCUT2D eigenvalue weighted by Gasteiger charge is -2.32. The van der Waals surface area contributed by atoms with E-state index in [-0.39, 0.29) is 0 Å². The van der Waals surface area contributed by atoms with Crippen molar-refractivity contribution in [1.82, 2.24) is 24.4 Å². The van der Waals surface area contributed by atoms with Crippen molar-refractivity contribution in [3.05, 3.63) is 66.6 Å². The molecule has 6 nitrogen and oxygen atoms in total. The number of rotatable bonds is 5. The highest BCUT2D eigenvalue weighted by atomic mass is 16.5. The van der Waals surface area contributed by atoms with Gasteiger partial charge in [0.15, 0.2) is 0 Å². The van der Waals surface area contributed by atoms with Crippen molar-refractivity contribution in [2.75, 3.05) is 13.1 Å². The minimum atomic E-state index is 0.371. The summed E-state index contributed by atoms with van der Waals surface area (Å²) >= 11 is 0. The maximum atomic E-state index is 5.84. The van der Waals surface area contributed by atoms with Crippen LogP contribution in [0.5, 0.6) is 11.6 Å². The van der Waals surface area contributed by atoms with E-state index in [2.05, 4.69) is 19.4 Å². The molecule has 0 bridgehead atoms. The number of para-hydroxylation sites is 1. The molecule has 0 N–H and O–H groups in total. The third kappa shape index (κ3) is 3.91. The molecule has 0 amide bonds. The zero-order valence-electron chi connectivity index (χ0n) is 15.0. The third-order valence-corrected chi connectivity index (χ3v) is 4.81. The molecule has 0 unspecified atom stereocenters. The molecule has 1 aliphatic heterocycles. The second-order valence-corrected chi connectivity index (χ2v) is 6.73. The molecular formula is C20H23N5O. The second kappa shape index (κ2) is 7.66. The Bertz CT molecular complexity index is 848. The average molecular weight is 349 g/mol. The summed E-state index contributed by atoms with van der Waals surface area (Å²) in [4.78, 5) is 15.9. The Morgan fingerprint density at radius 2 is 2.08 bits per heavy atom. The summed E-state index contributed by atoms with van der Waals surface area (Å²) in [6, 6.07) is 9.70. The van der Waals surface area contributed by atoms with E-state index >= 15 is 0 Å². The SMILES string of the molecule is Cn1ccnc1CN1CCC[C@H](c2cncc(Oc3ccccc3)n2)C1. The fourth-order valence-corrected chi connectivity index (χ4v) is 3.41. The van der Waals surface area contributed by atoms with Crippen molar-refractivity contribution < 1.29 is 4.74 Å². The Labute approximate surface area is 153 Å². The summed E-state index contributed by atoms with van der Waals surface area (Å²) in [6.45, 7) is 2.93. The lowest BCUT2D eigenvalue weighted by Crippen LogP contribution is -2.35. The summed E-state index contributed by atoms with van der Waals surface area (Å²) in [5.74, 6) is 2.79. The number of likely N-dealkylation sites (tertiary alicyclic amines) is 1. The molecule has 134 valence electrons. The molecule has 0 radical (unpaired) electrons. The van der Waals surface area contributed by atoms with Gasteiger partial charge in [0.25, 0.3) is 0 Å². The molecule has 26 heavy (non-hydrogen) atoms. The maximum Gasteiger partial charge on any atom is 0.238 e. The average Bonchev–Trinajstić information content (AvgIpc) is 3.08. The van der Waals surface area contributed by atoms with Gasteiger partial charge in [0, 0.05) is 38.1 Å². The highest BCUT2D eigenvalue weighted by Gasteiger charge is 2.24. The molecular weight excluding hydrogens is 326 g/mol. The number of piperidine rings is 1. The Kier molecular flexibility index (Phi) is 4.93. The molecule has 3 heterocycles. The first-order valence-electron chi connectivity index (χ1n) is 9.01. The van der Waals surface area contributed by atoms with Gasteiger partial charge in [-0.05, 0) is 31.5 Å². The van der Waals surface area contributed by atoms with E-state index in [0.29, 0.717) is 11.8 Å². The number of benzene rings is 1. The van der Waals surface area contributed by atoms with Gasteiger partial charge in [0.2, 0.25) is 5.88 Å². The van der Waals surface area contributed by atoms with Crippen molar-refractivity contribution in [2.24, 2.45) is 7.05 Å². The van der Waals surface area contributed by atoms with Crippen molar-refractivity contribution in [3.8, 4) is 11.6 Å². The predicted molar refractivity (Wildman–Crippen MR) is 99.0 cm³/mol. The van der Waals surface area contributed by atoms with Crippen LogP contribution in [0.1, 0.15) is 30.3 Å². The van der Waals surface area contributed by atoms with Crippen LogP contribution in [0.2, 0.25) is 0 Å². The highest BCUT2D eigenvalue weighted by molar-refractivity contribution is 5.26. The highest BCUT2D eigenvalue weighted by Crippen LogP contribution is 2.28. The van der Waals surface area contributed by atoms with Crippen molar-refractivity contribution in [3.63, 3.8) is 0 Å². The minimum Gasteiger partial charge on any atom is -0.437 e. The van der Waals surface area contributed by atoms with Crippen LogP contribution in [0.3, 0.4) is 0 Å². The second-order valence-electron chi connectivity index (χ2n) is 6.73. The molecule has 1 fully saturated rings. The van der Waals surface area contributed by atoms with Crippen LogP contribution in [-0.2, 0) is 13.6 Å². The number of aromatic nitrogens is 4. The Balaban J connectivity index is 1.45. The molecule has 4 rings (SSSR count). The normalized spacial score (nSPS) is 18.0. The molecule has 1 aliphatic rings. The van der Waals surface area contributed by atoms with E-state index in [1.54, 1.807) is 6.20 Å². The summed E-state index contributed by atoms with van der Waals surface area (Å²) in [5, 5.41) is 0. The van der Waals surface area contributed by atoms with E-state index < -0.39 is 0 Å². The number of hydrogen-bond donors (Lipinski definition) is 0. The van der Waals surface area contributed by atoms with E-state index in [1.807, 2.05) is 56.0 Å². The number of ether oxygens (including phenoxy) is 1. The van der Waals surface area contributed by atoms with Gasteiger partial charge in [-0.2, -0.15) is 0 Å². The molecule has 1 aromatic carbocycles. The van der Waals surface area contributed by atoms with Gasteiger partial charge >= 0.3 is 0 Å². The number of aryl methyl sites for hydroxylation is 1. The first-order chi connectivity index (χ1) is 12.8. The minimum absolute atomic E-state index is 0.371. The predicted octanol–water partition coefficient (Wildman–Crippen LogP) is 3.38. The summed E-state index contributed by atoms with van der Waals surface area (Å²) < 4.78 is 7.92. The largest absolute Gasteiger partial charge is 0.437 e. The quantitative estimate of drug-likeness (QED) is 0.707. The zero-order valence-corrected chi connectivity index (χ0v) is 15.0. The number of hydrogen-bond acceptors (Lipinski definition) is 5. The van der Waals surface area contributed by atoms with Gasteiger partial charge in [0.1, 0.15) is 11.6 Å². The molecule has 1 atom stereocenters. The van der Waals surface area contributed by atoms with Crippen LogP contribution < -0.4 is 4.74 Å². The van der Waals surface area contributed by atoms with E-state index in [4.69, 9.17) is 9.72 Å². The Morgan fingerprint density at radius 3 is 2.88 bits per heavy atom. The van der Waals surface area contributed by atoms with E-state index in [0.717, 1.165) is 49.7 Å². The monoisotopic (exact) mass is 349 g/mol. The molecule has 1 saturated heterocycles. The molecule has 0 aliphatic carbocycles. The smallest absolute Gasteiger partial charge is 0.238 e. The molecule has 2 aromatic heterocycles. The fraction of sp³-hybridized carbons (Fsp3) is 0.350. The van der Waals surface area contributed by atoms with Crippen LogP contribution in [0.15, 0.2) is 55.1 Å². The topological polar surface area (TPSA) is 56.1 Å². The Morgan fingerprint density at radius 1 is 1.19 bits per heavy atom. The molecule has 3 aromatic rings. The lowest BCUT2D eigenvalue weighted by molar-refractivity contribution is 0.192. The van der Waals surface area contributed by atoms with Crippen LogP contribution in [-0.4, -0.2) is 37.5 Å². The van der Waals surface area contributed by atoms with Gasteiger partial charge in [-0.3, -0.25) is 9.88 Å². The molecule has 6 heteroatoms. The van der Waals surface area contributed by atoms with Gasteiger partial charge in [-0.15, -0.1) is 0 Å². The summed E-state index contributed by atoms with van der Waals surface area (Å²) in [5.41, 5.74) is 1.00. The standard InChI is InChI=1S/C20H23N5O/c1-24-11-9-22-19(24)15-25-10-5-6-16(14-25)18-12-21-13-20(23-18)26-17-7-3-2-4-8-17/h2-4,7-9,11-13,16H,5-6,10,14-15H2,1H3/t16-/m0/s1. The lowest BCUT2D eigenvalue weighted by atomic mass is 9.95. The first-order valence-corrected chi connectivity index (χ1v) is 9.01. The number of nitrogens with zero attached hydrogens (tertiary/aromatic N) is 5. The molecule has 0 saturated carbocycles. The molecule has 0 spiro atoms. The van der Waals surface area contributed by atoms with E-state index in [9.17, 15) is 0 Å². The van der Waals surface area contributed by atoms with Crippen LogP contribution in [0.25, 0.3) is 0 Å². The third-order valence-electron chi connectivity index (χ3n) is 4.81. The van der Waals surface area contributed by atoms with Crippen molar-refractivity contribution in [2.45, 2.75) is 25.3 Å². The van der Waals surface area contributed by atoms with Crippen molar-refractivity contribution >= 4 is 0 Å². The van der Waals surface area contributed by atoms with Crippen LogP contribution in [0.4, 0.5) is 0 Å². The van der Waals surface area contributed by atoms with Gasteiger partial charge in [0.05, 0.1) is 18.4 Å². The zero-order chi connectivity index (χ0) is 17.8. The number of imidazole rings is 1. The summed E-state index contributed by atoms with van der Waals surface area (Å²) in [6.07, 6.45) is 9.66. The van der Waals surface area contributed by atoms with Crippen LogP contribution >= 0.6 is 0 Å². The fourth-order valence-electron chi connectivity index (χ4n) is 3.41. The van der Waals surface area contributed by atoms with Gasteiger partial charge in [-0.1, -0.05) is 18.2 Å². The van der Waals surface area contributed by atoms with Gasteiger partial charge < -0.3 is 9.30 Å². The van der Waals surface area contributed by atoms with E-state index in [1.165, 1.54) is 0 Å². The van der Waals surface area contributed by atoms with Crippen LogP contribution in [0, 0.1) is 0 Å². The summed E-state index contributed by atoms with van der Waals surface area (Å²) in [7, 11) is 2.04. The first kappa shape index (κ1) is 16.7. The van der Waals surface area contributed by atoms with Crippen molar-refractivity contribution in [1.29, 1.82) is 0 Å². The Hall–Kier alpha value is -2.73.